The van der Waals surface area contributed by atoms with Gasteiger partial charge in [0.05, 0.1) is 18.5 Å². The van der Waals surface area contributed by atoms with Crippen molar-refractivity contribution in [2.45, 2.75) is 31.7 Å². The molecular weight excluding hydrogens is 499 g/mol. The summed E-state index contributed by atoms with van der Waals surface area (Å²) in [7, 11) is 0. The first-order chi connectivity index (χ1) is 19.0. The van der Waals surface area contributed by atoms with E-state index in [9.17, 15) is 14.0 Å². The van der Waals surface area contributed by atoms with Gasteiger partial charge < -0.3 is 15.0 Å². The number of halogens is 1. The molecule has 1 aliphatic rings. The normalized spacial score (nSPS) is 16.6. The molecule has 1 fully saturated rings. The summed E-state index contributed by atoms with van der Waals surface area (Å²) in [5.41, 5.74) is 1.75. The Morgan fingerprint density at radius 1 is 1.08 bits per heavy atom. The topological polar surface area (TPSA) is 115 Å². The average Bonchev–Trinajstić information content (AvgIpc) is 3.35. The summed E-state index contributed by atoms with van der Waals surface area (Å²) in [6.07, 6.45) is 2.85. The van der Waals surface area contributed by atoms with Gasteiger partial charge in [-0.1, -0.05) is 18.2 Å². The van der Waals surface area contributed by atoms with E-state index < -0.39 is 5.82 Å². The number of hydrogen-bond donors (Lipinski definition) is 2. The summed E-state index contributed by atoms with van der Waals surface area (Å²) < 4.78 is 22.2. The molecule has 1 amide bonds. The quantitative estimate of drug-likeness (QED) is 0.327. The maximum absolute atomic E-state index is 15.0. The van der Waals surface area contributed by atoms with Crippen LogP contribution < -0.4 is 15.6 Å². The first kappa shape index (κ1) is 24.5. The first-order valence-electron chi connectivity index (χ1n) is 12.7. The fraction of sp³-hybridized carbons (Fsp3) is 0.207. The summed E-state index contributed by atoms with van der Waals surface area (Å²) in [5.74, 6) is 1.01. The summed E-state index contributed by atoms with van der Waals surface area (Å²) in [4.78, 5) is 32.0. The van der Waals surface area contributed by atoms with Gasteiger partial charge in [-0.25, -0.2) is 9.37 Å². The predicted molar refractivity (Wildman–Crippen MR) is 144 cm³/mol. The number of nitrogens with zero attached hydrogens (tertiary/aromatic N) is 4. The highest BCUT2D eigenvalue weighted by Gasteiger charge is 2.36. The molecule has 10 heteroatoms. The van der Waals surface area contributed by atoms with E-state index in [1.54, 1.807) is 65.4 Å². The number of amides is 1. The van der Waals surface area contributed by atoms with Crippen molar-refractivity contribution in [2.24, 2.45) is 0 Å². The number of hydrogen-bond acceptors (Lipinski definition) is 6. The molecule has 1 saturated carbocycles. The number of nitrogens with one attached hydrogen (secondary N) is 2. The molecule has 0 unspecified atom stereocenters. The smallest absolute Gasteiger partial charge is 0.252 e. The number of aromatic amines is 1. The number of carbonyl (C=O) groups is 1. The van der Waals surface area contributed by atoms with Gasteiger partial charge in [0.25, 0.3) is 5.91 Å². The van der Waals surface area contributed by atoms with Gasteiger partial charge in [0.2, 0.25) is 5.56 Å². The zero-order valence-corrected chi connectivity index (χ0v) is 21.1. The lowest BCUT2D eigenvalue weighted by Crippen LogP contribution is -2.44. The molecule has 0 radical (unpaired) electrons. The van der Waals surface area contributed by atoms with Gasteiger partial charge in [-0.3, -0.25) is 14.2 Å². The highest BCUT2D eigenvalue weighted by Crippen LogP contribution is 2.39. The second-order valence-electron chi connectivity index (χ2n) is 9.41. The zero-order chi connectivity index (χ0) is 26.9. The SMILES string of the molecule is CCOc1ccc(-c2nnc(C3CC(NC(=O)c4cccc5[nH]c(=O)ccc45)C3)n2-c2ccccc2F)nc1. The number of carbonyl (C=O) groups excluding carboxylic acids is 1. The Bertz CT molecular complexity index is 1720. The third-order valence-corrected chi connectivity index (χ3v) is 6.91. The molecule has 2 aromatic carbocycles. The maximum Gasteiger partial charge on any atom is 0.252 e. The molecule has 2 N–H and O–H groups in total. The second-order valence-corrected chi connectivity index (χ2v) is 9.41. The van der Waals surface area contributed by atoms with Crippen LogP contribution in [-0.2, 0) is 0 Å². The fourth-order valence-electron chi connectivity index (χ4n) is 4.96. The Balaban J connectivity index is 1.25. The van der Waals surface area contributed by atoms with Crippen molar-refractivity contribution < 1.29 is 13.9 Å². The second kappa shape index (κ2) is 10.1. The van der Waals surface area contributed by atoms with E-state index in [1.807, 2.05) is 6.92 Å². The van der Waals surface area contributed by atoms with Crippen LogP contribution in [0.5, 0.6) is 5.75 Å². The van der Waals surface area contributed by atoms with Crippen LogP contribution >= 0.6 is 0 Å². The summed E-state index contributed by atoms with van der Waals surface area (Å²) in [5, 5.41) is 12.6. The number of para-hydroxylation sites is 1. The molecule has 0 aliphatic heterocycles. The Hall–Kier alpha value is -4.86. The van der Waals surface area contributed by atoms with Gasteiger partial charge in [0, 0.05) is 34.5 Å². The van der Waals surface area contributed by atoms with Crippen molar-refractivity contribution in [1.82, 2.24) is 30.0 Å². The molecule has 6 rings (SSSR count). The third kappa shape index (κ3) is 4.65. The minimum Gasteiger partial charge on any atom is -0.492 e. The first-order valence-corrected chi connectivity index (χ1v) is 12.7. The van der Waals surface area contributed by atoms with Crippen LogP contribution in [0.25, 0.3) is 28.1 Å². The minimum atomic E-state index is -0.399. The number of benzene rings is 2. The Morgan fingerprint density at radius 2 is 1.92 bits per heavy atom. The van der Waals surface area contributed by atoms with Gasteiger partial charge in [-0.15, -0.1) is 10.2 Å². The Kier molecular flexibility index (Phi) is 6.36. The number of H-pyrrole nitrogens is 1. The largest absolute Gasteiger partial charge is 0.492 e. The number of pyridine rings is 2. The van der Waals surface area contributed by atoms with Crippen LogP contribution in [0.3, 0.4) is 0 Å². The fourth-order valence-corrected chi connectivity index (χ4v) is 4.96. The van der Waals surface area contributed by atoms with Gasteiger partial charge in [0.15, 0.2) is 5.82 Å². The van der Waals surface area contributed by atoms with Crippen molar-refractivity contribution in [2.75, 3.05) is 6.61 Å². The standard InChI is InChI=1S/C29H25FN6O3/c1-2-39-19-10-12-24(31-16-19)28-35-34-27(36(28)25-9-4-3-7-22(25)30)17-14-18(15-17)32-29(38)21-6-5-8-23-20(21)11-13-26(37)33-23/h3-13,16-18H,2,14-15H2,1H3,(H,32,38)(H,33,37). The molecule has 9 nitrogen and oxygen atoms in total. The Morgan fingerprint density at radius 3 is 2.69 bits per heavy atom. The van der Waals surface area contributed by atoms with E-state index in [-0.39, 0.29) is 23.4 Å². The van der Waals surface area contributed by atoms with E-state index in [0.717, 1.165) is 0 Å². The van der Waals surface area contributed by atoms with Crippen LogP contribution in [0, 0.1) is 5.82 Å². The maximum atomic E-state index is 15.0. The molecule has 5 aromatic rings. The minimum absolute atomic E-state index is 0.0391. The number of rotatable bonds is 7. The third-order valence-electron chi connectivity index (χ3n) is 6.91. The highest BCUT2D eigenvalue weighted by molar-refractivity contribution is 6.06. The van der Waals surface area contributed by atoms with Crippen LogP contribution in [-0.4, -0.2) is 43.3 Å². The van der Waals surface area contributed by atoms with Crippen molar-refractivity contribution in [1.29, 1.82) is 0 Å². The van der Waals surface area contributed by atoms with Crippen LogP contribution in [0.2, 0.25) is 0 Å². The van der Waals surface area contributed by atoms with E-state index in [4.69, 9.17) is 4.74 Å². The molecule has 196 valence electrons. The van der Waals surface area contributed by atoms with Gasteiger partial charge >= 0.3 is 0 Å². The monoisotopic (exact) mass is 524 g/mol. The van der Waals surface area contributed by atoms with Crippen LogP contribution in [0.15, 0.2) is 77.7 Å². The number of aromatic nitrogens is 5. The highest BCUT2D eigenvalue weighted by atomic mass is 19.1. The van der Waals surface area contributed by atoms with E-state index >= 15 is 0 Å². The van der Waals surface area contributed by atoms with E-state index in [0.29, 0.717) is 64.7 Å². The summed E-state index contributed by atoms with van der Waals surface area (Å²) >= 11 is 0. The van der Waals surface area contributed by atoms with Crippen molar-refractivity contribution in [3.63, 3.8) is 0 Å². The Labute approximate surface area is 222 Å². The van der Waals surface area contributed by atoms with Gasteiger partial charge in [0.1, 0.15) is 23.1 Å². The predicted octanol–water partition coefficient (Wildman–Crippen LogP) is 4.38. The van der Waals surface area contributed by atoms with Crippen molar-refractivity contribution in [3.8, 4) is 23.0 Å². The number of fused-ring (bicyclic) bond motifs is 1. The molecule has 39 heavy (non-hydrogen) atoms. The summed E-state index contributed by atoms with van der Waals surface area (Å²) in [6.45, 7) is 2.42. The van der Waals surface area contributed by atoms with E-state index in [1.165, 1.54) is 12.1 Å². The van der Waals surface area contributed by atoms with Crippen LogP contribution in [0.1, 0.15) is 41.9 Å². The van der Waals surface area contributed by atoms with Crippen molar-refractivity contribution >= 4 is 16.8 Å². The zero-order valence-electron chi connectivity index (χ0n) is 21.1. The molecule has 0 atom stereocenters. The molecule has 3 aromatic heterocycles. The molecule has 1 aliphatic carbocycles. The lowest BCUT2D eigenvalue weighted by Gasteiger charge is -2.35. The lowest BCUT2D eigenvalue weighted by atomic mass is 9.79. The molecule has 3 heterocycles. The molecule has 0 spiro atoms. The van der Waals surface area contributed by atoms with E-state index in [2.05, 4.69) is 25.5 Å². The van der Waals surface area contributed by atoms with Crippen LogP contribution in [0.4, 0.5) is 4.39 Å². The molecule has 0 saturated heterocycles. The molecular formula is C29H25FN6O3. The van der Waals surface area contributed by atoms with Gasteiger partial charge in [-0.2, -0.15) is 0 Å². The average molecular weight is 525 g/mol. The lowest BCUT2D eigenvalue weighted by molar-refractivity contribution is 0.0909. The summed E-state index contributed by atoms with van der Waals surface area (Å²) in [6, 6.07) is 18.3. The number of ether oxygens (including phenoxy) is 1. The van der Waals surface area contributed by atoms with Crippen molar-refractivity contribution in [3.05, 3.63) is 100 Å². The van der Waals surface area contributed by atoms with Gasteiger partial charge in [-0.05, 0) is 62.2 Å². The molecule has 0 bridgehead atoms.